The van der Waals surface area contributed by atoms with E-state index in [1.165, 1.54) is 6.20 Å². The third-order valence-corrected chi connectivity index (χ3v) is 5.75. The van der Waals surface area contributed by atoms with Crippen LogP contribution in [0.2, 0.25) is 0 Å². The van der Waals surface area contributed by atoms with Gasteiger partial charge in [0.2, 0.25) is 0 Å². The number of aromatic nitrogens is 3. The van der Waals surface area contributed by atoms with E-state index in [0.29, 0.717) is 12.2 Å². The lowest BCUT2D eigenvalue weighted by atomic mass is 10.0. The Morgan fingerprint density at radius 3 is 2.82 bits per heavy atom. The van der Waals surface area contributed by atoms with Crippen molar-refractivity contribution < 1.29 is 9.59 Å². The zero-order chi connectivity index (χ0) is 23.4. The van der Waals surface area contributed by atoms with Crippen molar-refractivity contribution in [3.05, 3.63) is 65.7 Å². The first-order chi connectivity index (χ1) is 15.9. The monoisotopic (exact) mass is 444 g/mol. The molecule has 4 rings (SSSR count). The van der Waals surface area contributed by atoms with Crippen LogP contribution in [0.25, 0.3) is 11.4 Å². The number of hydrogen-bond donors (Lipinski definition) is 2. The molecule has 2 aromatic heterocycles. The summed E-state index contributed by atoms with van der Waals surface area (Å²) in [6.07, 6.45) is 7.39. The van der Waals surface area contributed by atoms with Gasteiger partial charge in [-0.25, -0.2) is 9.97 Å². The highest BCUT2D eigenvalue weighted by molar-refractivity contribution is 6.00. The van der Waals surface area contributed by atoms with Crippen LogP contribution < -0.4 is 16.4 Å². The normalized spacial score (nSPS) is 15.9. The molecule has 4 N–H and O–H groups in total. The van der Waals surface area contributed by atoms with Crippen LogP contribution in [-0.4, -0.2) is 45.6 Å². The summed E-state index contributed by atoms with van der Waals surface area (Å²) in [5.41, 5.74) is 16.0. The van der Waals surface area contributed by atoms with Gasteiger partial charge in [0.1, 0.15) is 11.5 Å². The molecule has 8 heteroatoms. The van der Waals surface area contributed by atoms with Crippen molar-refractivity contribution in [1.29, 1.82) is 0 Å². The molecule has 0 unspecified atom stereocenters. The predicted molar refractivity (Wildman–Crippen MR) is 128 cm³/mol. The maximum absolute atomic E-state index is 13.2. The zero-order valence-corrected chi connectivity index (χ0v) is 18.7. The smallest absolute Gasteiger partial charge is 0.187 e. The maximum Gasteiger partial charge on any atom is 0.187 e. The van der Waals surface area contributed by atoms with Crippen LogP contribution in [0.1, 0.15) is 41.4 Å². The van der Waals surface area contributed by atoms with E-state index in [9.17, 15) is 9.59 Å². The number of carbonyl (C=O) groups excluding carboxylic acids is 2. The van der Waals surface area contributed by atoms with E-state index in [1.807, 2.05) is 30.3 Å². The summed E-state index contributed by atoms with van der Waals surface area (Å²) < 4.78 is 0. The van der Waals surface area contributed by atoms with Crippen molar-refractivity contribution in [2.24, 2.45) is 5.73 Å². The van der Waals surface area contributed by atoms with E-state index in [-0.39, 0.29) is 35.4 Å². The average molecular weight is 445 g/mol. The van der Waals surface area contributed by atoms with E-state index >= 15 is 0 Å². The minimum Gasteiger partial charge on any atom is -0.396 e. The quantitative estimate of drug-likeness (QED) is 0.532. The van der Waals surface area contributed by atoms with E-state index < -0.39 is 0 Å². The first-order valence-electron chi connectivity index (χ1n) is 11.1. The molecule has 1 saturated heterocycles. The van der Waals surface area contributed by atoms with Crippen molar-refractivity contribution >= 4 is 22.9 Å². The molecule has 0 radical (unpaired) electrons. The van der Waals surface area contributed by atoms with Crippen LogP contribution in [0.15, 0.2) is 48.9 Å². The minimum atomic E-state index is -0.202. The Kier molecular flexibility index (Phi) is 6.74. The van der Waals surface area contributed by atoms with Gasteiger partial charge in [-0.3, -0.25) is 14.6 Å². The summed E-state index contributed by atoms with van der Waals surface area (Å²) in [4.78, 5) is 40.0. The number of rotatable bonds is 7. The molecule has 0 saturated carbocycles. The molecule has 0 bridgehead atoms. The highest BCUT2D eigenvalue weighted by Crippen LogP contribution is 2.26. The van der Waals surface area contributed by atoms with Gasteiger partial charge in [0.15, 0.2) is 11.6 Å². The number of nitrogens with zero attached hydrogens (tertiary/aromatic N) is 4. The van der Waals surface area contributed by atoms with E-state index in [1.54, 1.807) is 19.3 Å². The number of ketones is 2. The van der Waals surface area contributed by atoms with Crippen LogP contribution in [0.3, 0.4) is 0 Å². The molecule has 1 aliphatic heterocycles. The molecule has 0 aliphatic carbocycles. The lowest BCUT2D eigenvalue weighted by Gasteiger charge is -2.33. The molecule has 0 amide bonds. The van der Waals surface area contributed by atoms with Crippen molar-refractivity contribution in [3.63, 3.8) is 0 Å². The van der Waals surface area contributed by atoms with Gasteiger partial charge < -0.3 is 16.4 Å². The minimum absolute atomic E-state index is 0.0724. The lowest BCUT2D eigenvalue weighted by molar-refractivity contribution is -0.116. The fourth-order valence-corrected chi connectivity index (χ4v) is 4.21. The Labute approximate surface area is 193 Å². The van der Waals surface area contributed by atoms with Crippen LogP contribution in [0.4, 0.5) is 11.4 Å². The number of piperidine rings is 1. The second kappa shape index (κ2) is 9.87. The first kappa shape index (κ1) is 22.5. The topological polar surface area (TPSA) is 128 Å². The van der Waals surface area contributed by atoms with Gasteiger partial charge in [0, 0.05) is 61.2 Å². The van der Waals surface area contributed by atoms with E-state index in [2.05, 4.69) is 19.9 Å². The molecule has 170 valence electrons. The molecule has 0 spiro atoms. The van der Waals surface area contributed by atoms with Gasteiger partial charge in [-0.15, -0.1) is 0 Å². The Morgan fingerprint density at radius 2 is 2.03 bits per heavy atom. The number of Topliss-reactive ketones (excluding diaryl/α,β-unsaturated/α-hetero) is 2. The number of anilines is 2. The molecule has 1 aliphatic rings. The van der Waals surface area contributed by atoms with Crippen molar-refractivity contribution in [3.8, 4) is 11.4 Å². The number of nitrogens with two attached hydrogens (primary N) is 2. The number of pyridine rings is 1. The van der Waals surface area contributed by atoms with Gasteiger partial charge in [-0.05, 0) is 37.5 Å². The third-order valence-electron chi connectivity index (χ3n) is 5.75. The SMILES string of the molecule is CC(=O)Cc1cccc(-c2ncc(N)c(C(=O)Cc3cnccc3N3CCC[C@H](N)C3)n2)c1. The molecule has 8 nitrogen and oxygen atoms in total. The second-order valence-corrected chi connectivity index (χ2v) is 8.53. The van der Waals surface area contributed by atoms with Gasteiger partial charge in [0.05, 0.1) is 11.9 Å². The van der Waals surface area contributed by atoms with Crippen molar-refractivity contribution in [2.75, 3.05) is 23.7 Å². The highest BCUT2D eigenvalue weighted by atomic mass is 16.1. The highest BCUT2D eigenvalue weighted by Gasteiger charge is 2.22. The summed E-state index contributed by atoms with van der Waals surface area (Å²) in [5, 5.41) is 0. The molecule has 1 aromatic carbocycles. The summed E-state index contributed by atoms with van der Waals surface area (Å²) in [5.74, 6) is 0.265. The van der Waals surface area contributed by atoms with Gasteiger partial charge in [-0.1, -0.05) is 18.2 Å². The Morgan fingerprint density at radius 1 is 1.18 bits per heavy atom. The molecular formula is C25H28N6O2. The predicted octanol–water partition coefficient (Wildman–Crippen LogP) is 2.61. The van der Waals surface area contributed by atoms with E-state index in [0.717, 1.165) is 48.3 Å². The summed E-state index contributed by atoms with van der Waals surface area (Å²) in [6, 6.07) is 9.48. The van der Waals surface area contributed by atoms with Crippen LogP contribution >= 0.6 is 0 Å². The summed E-state index contributed by atoms with van der Waals surface area (Å²) in [6.45, 7) is 3.20. The standard InChI is InChI=1S/C25H28N6O2/c1-16(32)10-17-4-2-5-18(11-17)25-29-14-21(27)24(30-25)23(33)12-19-13-28-8-7-22(19)31-9-3-6-20(26)15-31/h2,4-5,7-8,11,13-14,20H,3,6,9-10,12,15,26-27H2,1H3/t20-/m0/s1. The fourth-order valence-electron chi connectivity index (χ4n) is 4.21. The first-order valence-corrected chi connectivity index (χ1v) is 11.1. The molecule has 33 heavy (non-hydrogen) atoms. The van der Waals surface area contributed by atoms with Crippen molar-refractivity contribution in [2.45, 2.75) is 38.6 Å². The molecule has 1 fully saturated rings. The zero-order valence-electron chi connectivity index (χ0n) is 18.7. The Hall–Kier alpha value is -3.65. The van der Waals surface area contributed by atoms with E-state index in [4.69, 9.17) is 11.5 Å². The van der Waals surface area contributed by atoms with Gasteiger partial charge in [-0.2, -0.15) is 0 Å². The number of nitrogen functional groups attached to an aromatic ring is 1. The molecule has 3 heterocycles. The van der Waals surface area contributed by atoms with Crippen LogP contribution in [0.5, 0.6) is 0 Å². The Balaban J connectivity index is 1.60. The lowest BCUT2D eigenvalue weighted by Crippen LogP contribution is -2.43. The molecular weight excluding hydrogens is 416 g/mol. The average Bonchev–Trinajstić information content (AvgIpc) is 2.79. The number of carbonyl (C=O) groups is 2. The van der Waals surface area contributed by atoms with Crippen molar-refractivity contribution in [1.82, 2.24) is 15.0 Å². The summed E-state index contributed by atoms with van der Waals surface area (Å²) in [7, 11) is 0. The second-order valence-electron chi connectivity index (χ2n) is 8.53. The summed E-state index contributed by atoms with van der Waals surface area (Å²) >= 11 is 0. The number of hydrogen-bond acceptors (Lipinski definition) is 8. The third kappa shape index (κ3) is 5.40. The molecule has 3 aromatic rings. The largest absolute Gasteiger partial charge is 0.396 e. The number of benzene rings is 1. The van der Waals surface area contributed by atoms with Gasteiger partial charge >= 0.3 is 0 Å². The van der Waals surface area contributed by atoms with Gasteiger partial charge in [0.25, 0.3) is 0 Å². The molecule has 1 atom stereocenters. The van der Waals surface area contributed by atoms with Crippen LogP contribution in [0, 0.1) is 0 Å². The van der Waals surface area contributed by atoms with Crippen LogP contribution in [-0.2, 0) is 17.6 Å². The fraction of sp³-hybridized carbons (Fsp3) is 0.320. The maximum atomic E-state index is 13.2. The Bertz CT molecular complexity index is 1180.